The van der Waals surface area contributed by atoms with Gasteiger partial charge in [0.25, 0.3) is 24.9 Å². The minimum Gasteiger partial charge on any atom is -0.756 e. The van der Waals surface area contributed by atoms with Crippen LogP contribution in [0.2, 0.25) is 0 Å². The number of hydrogen-bond acceptors (Lipinski definition) is 30. The fourth-order valence-electron chi connectivity index (χ4n) is 9.53. The Labute approximate surface area is 458 Å². The Bertz CT molecular complexity index is 3690. The highest BCUT2D eigenvalue weighted by Crippen LogP contribution is 2.68. The fourth-order valence-corrected chi connectivity index (χ4v) is 14.0. The normalized spacial score (nSPS) is 28.8. The van der Waals surface area contributed by atoms with Gasteiger partial charge < -0.3 is 85.0 Å². The summed E-state index contributed by atoms with van der Waals surface area (Å²) in [5, 5.41) is 33.4. The number of methoxy groups -OCH3 is 1. The molecule has 3 saturated heterocycles. The lowest BCUT2D eigenvalue weighted by molar-refractivity contribution is -0.745. The van der Waals surface area contributed by atoms with Crippen LogP contribution in [0.25, 0.3) is 33.5 Å². The number of hydrogen-bond donors (Lipinski definition) is 11. The van der Waals surface area contributed by atoms with Crippen molar-refractivity contribution in [3.63, 3.8) is 0 Å². The third-order valence-electron chi connectivity index (χ3n) is 13.3. The molecule has 6 aromatic rings. The number of aliphatic hydroxyl groups is 3. The number of carbonyl (C=O) groups is 1. The summed E-state index contributed by atoms with van der Waals surface area (Å²) in [6.07, 6.45) is -14.2. The molecule has 1 amide bonds. The Morgan fingerprint density at radius 3 is 2.01 bits per heavy atom. The first-order chi connectivity index (χ1) is 38.5. The summed E-state index contributed by atoms with van der Waals surface area (Å²) in [5.41, 5.74) is 15.6. The number of nitrogens with one attached hydrogen (secondary N) is 2. The molecular weight excluding hydrogens is 1190 g/mol. The SMILES string of the molecule is CCN(CC)C(=O)C[C@@H]1[C@@H](COP(=O)(O)OP(=O)(O)OP(=O)(O)OC[C@H]2O[C@@H](n3cnc4c(N)ncnc43)[C@H](OC)[C@@H]2OP(=O)([O-])OC[C@H]2O[C@@H](n3cnc4c(=O)[nH]c(N)nc43)[C@H](O)[C@@H]2O)OC([n+]2cn(C)c3c(=O)[nH]c(N)nc32)[C@@H]1O. The van der Waals surface area contributed by atoms with Gasteiger partial charge in [0.1, 0.15) is 54.6 Å². The van der Waals surface area contributed by atoms with Crippen molar-refractivity contribution in [3.05, 3.63) is 46.0 Å². The second-order valence-corrected chi connectivity index (χ2v) is 24.4. The minimum absolute atomic E-state index is 0.00694. The number of phosphoric acid groups is 4. The molecule has 0 aromatic carbocycles. The van der Waals surface area contributed by atoms with Crippen LogP contribution in [0.4, 0.5) is 17.7 Å². The highest BCUT2D eigenvalue weighted by Gasteiger charge is 2.53. The second kappa shape index (κ2) is 23.4. The van der Waals surface area contributed by atoms with Crippen molar-refractivity contribution in [2.45, 2.75) is 87.8 Å². The first-order valence-electron chi connectivity index (χ1n) is 24.1. The van der Waals surface area contributed by atoms with Crippen molar-refractivity contribution < 1.29 is 108 Å². The zero-order valence-electron chi connectivity index (χ0n) is 43.0. The zero-order chi connectivity index (χ0) is 59.5. The topological polar surface area (TPSA) is 565 Å². The third-order valence-corrected chi connectivity index (χ3v) is 18.5. The molecule has 40 nitrogen and oxygen atoms in total. The molecule has 0 spiro atoms. The van der Waals surface area contributed by atoms with E-state index in [1.54, 1.807) is 13.8 Å². The Morgan fingerprint density at radius 1 is 0.756 bits per heavy atom. The molecule has 9 heterocycles. The molecule has 0 aliphatic carbocycles. The van der Waals surface area contributed by atoms with E-state index < -0.39 is 148 Å². The molecule has 0 bridgehead atoms. The molecule has 0 radical (unpaired) electrons. The van der Waals surface area contributed by atoms with E-state index in [4.69, 9.17) is 54.2 Å². The predicted molar refractivity (Wildman–Crippen MR) is 267 cm³/mol. The molecule has 450 valence electrons. The number of nitrogen functional groups attached to an aromatic ring is 3. The highest BCUT2D eigenvalue weighted by molar-refractivity contribution is 7.66. The maximum atomic E-state index is 13.7. The number of nitrogens with zero attached hydrogens (tertiary/aromatic N) is 11. The van der Waals surface area contributed by atoms with Gasteiger partial charge in [-0.25, -0.2) is 38.2 Å². The van der Waals surface area contributed by atoms with E-state index >= 15 is 0 Å². The van der Waals surface area contributed by atoms with E-state index in [0.717, 1.165) is 30.7 Å². The highest BCUT2D eigenvalue weighted by atomic mass is 31.3. The molecule has 0 saturated carbocycles. The summed E-state index contributed by atoms with van der Waals surface area (Å²) >= 11 is 0. The van der Waals surface area contributed by atoms with Gasteiger partial charge in [-0.2, -0.15) is 13.6 Å². The lowest BCUT2D eigenvalue weighted by Gasteiger charge is -2.31. The Kier molecular flexibility index (Phi) is 17.4. The number of rotatable bonds is 23. The van der Waals surface area contributed by atoms with Gasteiger partial charge in [0.05, 0.1) is 45.6 Å². The van der Waals surface area contributed by atoms with Crippen LogP contribution < -0.4 is 37.8 Å². The van der Waals surface area contributed by atoms with Crippen molar-refractivity contribution in [2.24, 2.45) is 13.0 Å². The molecule has 5 unspecified atom stereocenters. The molecule has 9 rings (SSSR count). The Balaban J connectivity index is 0.883. The fraction of sp³-hybridized carbons (Fsp3) is 0.579. The van der Waals surface area contributed by atoms with Crippen molar-refractivity contribution in [2.75, 3.05) is 57.2 Å². The van der Waals surface area contributed by atoms with Gasteiger partial charge in [0, 0.05) is 32.5 Å². The average molecular weight is 1240 g/mol. The van der Waals surface area contributed by atoms with Crippen LogP contribution in [0.5, 0.6) is 0 Å². The molecule has 3 aliphatic heterocycles. The molecule has 82 heavy (non-hydrogen) atoms. The largest absolute Gasteiger partial charge is 0.756 e. The number of amides is 1. The maximum absolute atomic E-state index is 13.7. The summed E-state index contributed by atoms with van der Waals surface area (Å²) in [4.78, 5) is 114. The number of carbonyl (C=O) groups excluding carboxylic acids is 1. The van der Waals surface area contributed by atoms with Gasteiger partial charge in [0.15, 0.2) is 41.4 Å². The quantitative estimate of drug-likeness (QED) is 0.0216. The van der Waals surface area contributed by atoms with Crippen LogP contribution in [0.1, 0.15) is 39.0 Å². The van der Waals surface area contributed by atoms with E-state index in [0.29, 0.717) is 0 Å². The number of aromatic amines is 2. The number of aromatic nitrogens is 12. The van der Waals surface area contributed by atoms with Crippen LogP contribution in [-0.4, -0.2) is 183 Å². The van der Waals surface area contributed by atoms with Gasteiger partial charge >= 0.3 is 29.1 Å². The van der Waals surface area contributed by atoms with E-state index in [9.17, 15) is 67.5 Å². The summed E-state index contributed by atoms with van der Waals surface area (Å²) in [7, 11) is -21.3. The van der Waals surface area contributed by atoms with E-state index in [-0.39, 0.29) is 64.3 Å². The van der Waals surface area contributed by atoms with Crippen LogP contribution in [0.3, 0.4) is 0 Å². The number of nitrogens with two attached hydrogens (primary N) is 3. The van der Waals surface area contributed by atoms with Crippen molar-refractivity contribution in [3.8, 4) is 0 Å². The average Bonchev–Trinajstić information content (AvgIpc) is 3.32. The monoisotopic (exact) mass is 1240 g/mol. The summed E-state index contributed by atoms with van der Waals surface area (Å²) in [5.74, 6) is -2.46. The van der Waals surface area contributed by atoms with Crippen LogP contribution >= 0.6 is 31.3 Å². The number of aliphatic hydroxyl groups excluding tert-OH is 3. The van der Waals surface area contributed by atoms with Gasteiger partial charge in [0.2, 0.25) is 23.6 Å². The van der Waals surface area contributed by atoms with Gasteiger partial charge in [-0.1, -0.05) is 4.98 Å². The number of anilines is 3. The molecule has 6 aromatic heterocycles. The van der Waals surface area contributed by atoms with E-state index in [1.165, 1.54) is 32.0 Å². The van der Waals surface area contributed by atoms with Crippen LogP contribution in [0.15, 0.2) is 34.9 Å². The van der Waals surface area contributed by atoms with Crippen LogP contribution in [-0.2, 0) is 75.8 Å². The van der Waals surface area contributed by atoms with E-state index in [1.807, 2.05) is 0 Å². The minimum atomic E-state index is -6.26. The first-order valence-corrected chi connectivity index (χ1v) is 30.1. The number of H-pyrrole nitrogens is 2. The van der Waals surface area contributed by atoms with E-state index in [2.05, 4.69) is 48.5 Å². The smallest absolute Gasteiger partial charge is 0.490 e. The summed E-state index contributed by atoms with van der Waals surface area (Å²) in [6.45, 7) is 0.488. The standard InChI is InChI=1S/C38H54N16O24P4/c1-5-51(6-2)19(55)7-15-16(73-34(23(15)56)54-14-50(3)22-31(54)47-38(41)49-33(22)60)8-71-80(63,64)77-82(67,68)78-81(65,66)72-10-18-26(27(69-4)36(75-18)52-12-44-20-28(39)42-11-43-29(20)52)76-79(61,62)70-9-17-24(57)25(58)35(74-17)53-13-45-21-30(53)46-37(40)48-32(21)59/h11-18,23-27,34-36,56-58H,5-10H2,1-4H3,(H11-,39,40,41,42,43,46,47,48,49,59,60,61,62,63,64,65,66,67,68)/t15-,16-,17-,18-,23-,24-,25-,26-,27-,34?,35-,36-/m1/s1. The summed E-state index contributed by atoms with van der Waals surface area (Å²) in [6, 6.07) is 0. The molecule has 44 heteroatoms. The predicted octanol–water partition coefficient (Wildman–Crippen LogP) is -3.83. The Morgan fingerprint density at radius 2 is 1.35 bits per heavy atom. The van der Waals surface area contributed by atoms with Crippen molar-refractivity contribution in [1.29, 1.82) is 0 Å². The molecule has 16 atom stereocenters. The van der Waals surface area contributed by atoms with Gasteiger partial charge in [-0.05, 0) is 13.8 Å². The van der Waals surface area contributed by atoms with Gasteiger partial charge in [-0.15, -0.1) is 0 Å². The molecular formula is C38H54N16O24P4. The Hall–Kier alpha value is -5.64. The van der Waals surface area contributed by atoms with Gasteiger partial charge in [-0.3, -0.25) is 51.7 Å². The lowest BCUT2D eigenvalue weighted by atomic mass is 9.93. The number of aryl methyl sites for hydroxylation is 1. The maximum Gasteiger partial charge on any atom is 0.490 e. The number of imidazole rings is 3. The molecule has 14 N–H and O–H groups in total. The van der Waals surface area contributed by atoms with Crippen molar-refractivity contribution >= 4 is 88.4 Å². The van der Waals surface area contributed by atoms with Crippen molar-refractivity contribution in [1.82, 2.24) is 58.5 Å². The number of fused-ring (bicyclic) bond motifs is 3. The second-order valence-electron chi connectivity index (χ2n) is 18.4. The lowest BCUT2D eigenvalue weighted by Crippen LogP contribution is -2.45. The molecule has 3 aliphatic rings. The molecule has 3 fully saturated rings. The number of phosphoric ester groups is 3. The zero-order valence-corrected chi connectivity index (χ0v) is 46.5. The van der Waals surface area contributed by atoms with Crippen LogP contribution in [0, 0.1) is 5.92 Å². The summed E-state index contributed by atoms with van der Waals surface area (Å²) < 4.78 is 111. The third kappa shape index (κ3) is 12.4. The number of ether oxygens (including phenoxy) is 4. The first kappa shape index (κ1) is 60.9.